The number of oxime groups is 1. The highest BCUT2D eigenvalue weighted by molar-refractivity contribution is 6.03. The van der Waals surface area contributed by atoms with Crippen molar-refractivity contribution in [2.45, 2.75) is 25.0 Å². The zero-order valence-corrected chi connectivity index (χ0v) is 20.9. The van der Waals surface area contributed by atoms with Gasteiger partial charge in [-0.2, -0.15) is 0 Å². The van der Waals surface area contributed by atoms with Gasteiger partial charge in [-0.15, -0.1) is 0 Å². The van der Waals surface area contributed by atoms with Gasteiger partial charge in [0.2, 0.25) is 0 Å². The predicted molar refractivity (Wildman–Crippen MR) is 136 cm³/mol. The third-order valence-corrected chi connectivity index (χ3v) is 7.05. The van der Waals surface area contributed by atoms with E-state index in [2.05, 4.69) is 37.5 Å². The molecule has 1 spiro atoms. The Bertz CT molecular complexity index is 1350. The molecule has 0 saturated carbocycles. The molecule has 1 N–H and O–H groups in total. The lowest BCUT2D eigenvalue weighted by Crippen LogP contribution is -2.62. The maximum absolute atomic E-state index is 13.6. The van der Waals surface area contributed by atoms with E-state index in [-0.39, 0.29) is 11.9 Å². The number of nitrogens with one attached hydrogen (secondary N) is 1. The van der Waals surface area contributed by atoms with Crippen LogP contribution in [-0.2, 0) is 9.57 Å². The second-order valence-corrected chi connectivity index (χ2v) is 9.66. The second kappa shape index (κ2) is 9.60. The van der Waals surface area contributed by atoms with Crippen LogP contribution in [0.25, 0.3) is 11.8 Å². The van der Waals surface area contributed by atoms with E-state index in [1.165, 1.54) is 12.3 Å². The van der Waals surface area contributed by atoms with E-state index in [1.54, 1.807) is 19.5 Å². The Kier molecular flexibility index (Phi) is 6.13. The minimum atomic E-state index is -0.420. The molecule has 0 amide bonds. The lowest BCUT2D eigenvalue weighted by atomic mass is 9.85. The maximum Gasteiger partial charge on any atom is 0.172 e. The molecule has 2 fully saturated rings. The average molecular weight is 505 g/mol. The van der Waals surface area contributed by atoms with Crippen molar-refractivity contribution in [1.29, 1.82) is 0 Å². The number of methoxy groups -OCH3 is 1. The predicted octanol–water partition coefficient (Wildman–Crippen LogP) is 3.26. The lowest BCUT2D eigenvalue weighted by molar-refractivity contribution is -0.0923. The summed E-state index contributed by atoms with van der Waals surface area (Å²) < 4.78 is 27.7. The molecule has 0 aliphatic carbocycles. The number of hydrogen-bond donors (Lipinski definition) is 1. The molecular formula is C27H29FN6O3. The number of amidine groups is 1. The van der Waals surface area contributed by atoms with Gasteiger partial charge >= 0.3 is 0 Å². The van der Waals surface area contributed by atoms with Crippen LogP contribution < -0.4 is 10.1 Å². The fourth-order valence-corrected chi connectivity index (χ4v) is 5.30. The highest BCUT2D eigenvalue weighted by Gasteiger charge is 2.46. The van der Waals surface area contributed by atoms with Crippen molar-refractivity contribution in [3.05, 3.63) is 77.4 Å². The van der Waals surface area contributed by atoms with Crippen LogP contribution in [-0.4, -0.2) is 70.8 Å². The zero-order chi connectivity index (χ0) is 25.4. The quantitative estimate of drug-likeness (QED) is 0.584. The minimum absolute atomic E-state index is 0.208. The fraction of sp³-hybridized carbons (Fsp3) is 0.370. The Morgan fingerprint density at radius 3 is 2.89 bits per heavy atom. The number of fused-ring (bicyclic) bond motifs is 1. The van der Waals surface area contributed by atoms with Crippen molar-refractivity contribution in [3.8, 4) is 11.4 Å². The van der Waals surface area contributed by atoms with Crippen LogP contribution in [0.1, 0.15) is 29.4 Å². The van der Waals surface area contributed by atoms with Crippen LogP contribution in [0.2, 0.25) is 0 Å². The SMILES string of the molecule is COc1cc(C=C2CC3(CNCCO3)CN3C2=NOCC3c2ccc(F)cn2)ccc1-n1cnc(C)c1. The third kappa shape index (κ3) is 4.58. The molecule has 2 saturated heterocycles. The van der Waals surface area contributed by atoms with E-state index in [0.29, 0.717) is 26.2 Å². The number of rotatable bonds is 4. The van der Waals surface area contributed by atoms with Crippen LogP contribution in [0, 0.1) is 12.7 Å². The molecular weight excluding hydrogens is 475 g/mol. The van der Waals surface area contributed by atoms with E-state index in [9.17, 15) is 4.39 Å². The summed E-state index contributed by atoms with van der Waals surface area (Å²) in [5.74, 6) is 1.11. The summed E-state index contributed by atoms with van der Waals surface area (Å²) in [6.07, 6.45) is 7.77. The number of benzene rings is 1. The number of imidazole rings is 1. The van der Waals surface area contributed by atoms with Gasteiger partial charge in [0.1, 0.15) is 29.8 Å². The molecule has 3 aliphatic rings. The number of morpholine rings is 1. The number of aryl methyl sites for hydroxylation is 1. The van der Waals surface area contributed by atoms with E-state index >= 15 is 0 Å². The van der Waals surface area contributed by atoms with Crippen LogP contribution in [0.3, 0.4) is 0 Å². The van der Waals surface area contributed by atoms with Gasteiger partial charge < -0.3 is 29.1 Å². The highest BCUT2D eigenvalue weighted by atomic mass is 19.1. The number of ether oxygens (including phenoxy) is 2. The van der Waals surface area contributed by atoms with Crippen molar-refractivity contribution < 1.29 is 18.7 Å². The number of nitrogens with zero attached hydrogens (tertiary/aromatic N) is 5. The molecule has 2 unspecified atom stereocenters. The Labute approximate surface area is 214 Å². The van der Waals surface area contributed by atoms with Gasteiger partial charge in [-0.1, -0.05) is 11.2 Å². The van der Waals surface area contributed by atoms with E-state index in [1.807, 2.05) is 29.8 Å². The molecule has 37 heavy (non-hydrogen) atoms. The molecule has 0 bridgehead atoms. The first-order valence-corrected chi connectivity index (χ1v) is 12.4. The standard InChI is InChI=1S/C27H29FN6O3/c1-18-13-33(17-31-18)23-6-3-19(10-25(23)35-2)9-20-11-27(15-29-7-8-36-27)16-34-24(14-37-32-26(20)34)22-5-4-21(28)12-30-22/h3-6,9-10,12-13,17,24,29H,7-8,11,14-16H2,1-2H3. The minimum Gasteiger partial charge on any atom is -0.495 e. The number of aromatic nitrogens is 3. The number of pyridine rings is 1. The summed E-state index contributed by atoms with van der Waals surface area (Å²) in [7, 11) is 1.66. The summed E-state index contributed by atoms with van der Waals surface area (Å²) in [4.78, 5) is 16.5. The molecule has 10 heteroatoms. The van der Waals surface area contributed by atoms with E-state index in [0.717, 1.165) is 52.9 Å². The summed E-state index contributed by atoms with van der Waals surface area (Å²) in [5.41, 5.74) is 4.12. The summed E-state index contributed by atoms with van der Waals surface area (Å²) >= 11 is 0. The van der Waals surface area contributed by atoms with Gasteiger partial charge in [-0.3, -0.25) is 4.98 Å². The molecule has 192 valence electrons. The molecule has 2 atom stereocenters. The fourth-order valence-electron chi connectivity index (χ4n) is 5.30. The normalized spacial score (nSPS) is 24.5. The molecule has 3 aromatic rings. The van der Waals surface area contributed by atoms with Gasteiger partial charge in [-0.05, 0) is 42.8 Å². The van der Waals surface area contributed by atoms with Crippen LogP contribution in [0.15, 0.2) is 59.8 Å². The van der Waals surface area contributed by atoms with Crippen molar-refractivity contribution >= 4 is 11.9 Å². The smallest absolute Gasteiger partial charge is 0.172 e. The number of hydrogen-bond acceptors (Lipinski definition) is 8. The third-order valence-electron chi connectivity index (χ3n) is 7.05. The molecule has 2 aromatic heterocycles. The van der Waals surface area contributed by atoms with Gasteiger partial charge in [0.25, 0.3) is 0 Å². The first-order chi connectivity index (χ1) is 18.0. The van der Waals surface area contributed by atoms with Crippen LogP contribution in [0.5, 0.6) is 5.75 Å². The van der Waals surface area contributed by atoms with E-state index in [4.69, 9.17) is 14.3 Å². The zero-order valence-electron chi connectivity index (χ0n) is 20.9. The summed E-state index contributed by atoms with van der Waals surface area (Å²) in [6, 6.07) is 9.00. The summed E-state index contributed by atoms with van der Waals surface area (Å²) in [6.45, 7) is 5.09. The van der Waals surface area contributed by atoms with Crippen molar-refractivity contribution in [1.82, 2.24) is 24.8 Å². The van der Waals surface area contributed by atoms with Gasteiger partial charge in [0, 0.05) is 31.3 Å². The topological polar surface area (TPSA) is 86.0 Å². The van der Waals surface area contributed by atoms with Gasteiger partial charge in [0.15, 0.2) is 5.84 Å². The largest absolute Gasteiger partial charge is 0.495 e. The lowest BCUT2D eigenvalue weighted by Gasteiger charge is -2.49. The number of piperidine rings is 1. The Morgan fingerprint density at radius 2 is 2.16 bits per heavy atom. The van der Waals surface area contributed by atoms with Crippen molar-refractivity contribution in [2.24, 2.45) is 5.16 Å². The molecule has 9 nitrogen and oxygen atoms in total. The Morgan fingerprint density at radius 1 is 1.24 bits per heavy atom. The second-order valence-electron chi connectivity index (χ2n) is 9.66. The van der Waals surface area contributed by atoms with Gasteiger partial charge in [0.05, 0.1) is 49.9 Å². The van der Waals surface area contributed by atoms with E-state index < -0.39 is 5.60 Å². The Balaban J connectivity index is 1.39. The molecule has 3 aliphatic heterocycles. The molecule has 5 heterocycles. The summed E-state index contributed by atoms with van der Waals surface area (Å²) in [5, 5.41) is 7.95. The average Bonchev–Trinajstić information content (AvgIpc) is 3.35. The van der Waals surface area contributed by atoms with Crippen LogP contribution >= 0.6 is 0 Å². The number of halogens is 1. The molecule has 1 aromatic carbocycles. The van der Waals surface area contributed by atoms with Crippen LogP contribution in [0.4, 0.5) is 4.39 Å². The first kappa shape index (κ1) is 23.6. The van der Waals surface area contributed by atoms with Crippen molar-refractivity contribution in [2.75, 3.05) is 40.0 Å². The monoisotopic (exact) mass is 504 g/mol. The molecule has 0 radical (unpaired) electrons. The van der Waals surface area contributed by atoms with Crippen molar-refractivity contribution in [3.63, 3.8) is 0 Å². The Hall–Kier alpha value is -3.76. The molecule has 6 rings (SSSR count). The van der Waals surface area contributed by atoms with Gasteiger partial charge in [-0.25, -0.2) is 9.37 Å². The highest BCUT2D eigenvalue weighted by Crippen LogP contribution is 2.39. The maximum atomic E-state index is 13.6. The first-order valence-electron chi connectivity index (χ1n) is 12.4.